The minimum absolute atomic E-state index is 0.0670. The van der Waals surface area contributed by atoms with Crippen molar-refractivity contribution in [3.63, 3.8) is 0 Å². The van der Waals surface area contributed by atoms with Gasteiger partial charge in [0.15, 0.2) is 0 Å². The molecule has 0 amide bonds. The number of methoxy groups -OCH3 is 2. The van der Waals surface area contributed by atoms with Gasteiger partial charge in [-0.2, -0.15) is 8.42 Å². The zero-order chi connectivity index (χ0) is 15.8. The lowest BCUT2D eigenvalue weighted by molar-refractivity contribution is 0.334. The van der Waals surface area contributed by atoms with E-state index in [4.69, 9.17) is 32.6 Å². The fraction of sp³-hybridized carbons (Fsp3) is 0.364. The van der Waals surface area contributed by atoms with Crippen molar-refractivity contribution in [2.75, 3.05) is 20.8 Å². The molecule has 20 heavy (non-hydrogen) atoms. The van der Waals surface area contributed by atoms with Crippen molar-refractivity contribution in [3.05, 3.63) is 23.8 Å². The molecule has 0 spiro atoms. The van der Waals surface area contributed by atoms with E-state index in [0.29, 0.717) is 23.7 Å². The lowest BCUT2D eigenvalue weighted by atomic mass is 10.2. The maximum Gasteiger partial charge on any atom is 0.435 e. The predicted molar refractivity (Wildman–Crippen MR) is 70.7 cm³/mol. The standard InChI is InChI=1S/C11H15NO3.FHO3S/c1-4-15-10-6-5-8(13-2)7-9(10)11(12)14-3;1-5(2,3)4/h5-7,12H,4H2,1-3H3;(H,2,3,4). The van der Waals surface area contributed by atoms with Crippen LogP contribution >= 0.6 is 0 Å². The molecule has 0 atom stereocenters. The van der Waals surface area contributed by atoms with E-state index in [9.17, 15) is 3.89 Å². The Hall–Kier alpha value is -1.87. The van der Waals surface area contributed by atoms with Crippen LogP contribution < -0.4 is 9.47 Å². The molecule has 0 aromatic heterocycles. The Labute approximate surface area is 116 Å². The SMILES string of the molecule is CCOc1ccc(OC)cc1C(=N)OC.O=S(=O)(O)F. The number of rotatable bonds is 4. The highest BCUT2D eigenvalue weighted by molar-refractivity contribution is 7.80. The molecule has 1 rings (SSSR count). The van der Waals surface area contributed by atoms with Crippen molar-refractivity contribution in [2.24, 2.45) is 0 Å². The van der Waals surface area contributed by atoms with E-state index in [1.54, 1.807) is 25.3 Å². The first kappa shape index (κ1) is 18.1. The van der Waals surface area contributed by atoms with Crippen molar-refractivity contribution in [1.82, 2.24) is 0 Å². The second-order valence-electron chi connectivity index (χ2n) is 3.24. The van der Waals surface area contributed by atoms with Gasteiger partial charge < -0.3 is 14.2 Å². The molecule has 0 unspecified atom stereocenters. The zero-order valence-electron chi connectivity index (χ0n) is 11.2. The molecule has 0 saturated heterocycles. The summed E-state index contributed by atoms with van der Waals surface area (Å²) in [5.74, 6) is 1.37. The Morgan fingerprint density at radius 3 is 2.35 bits per heavy atom. The molecule has 1 aromatic rings. The minimum Gasteiger partial charge on any atom is -0.497 e. The molecule has 0 aliphatic heterocycles. The third-order valence-electron chi connectivity index (χ3n) is 1.94. The van der Waals surface area contributed by atoms with Crippen molar-refractivity contribution in [2.45, 2.75) is 6.92 Å². The van der Waals surface area contributed by atoms with Crippen LogP contribution in [0.5, 0.6) is 11.5 Å². The quantitative estimate of drug-likeness (QED) is 0.380. The summed E-state index contributed by atoms with van der Waals surface area (Å²) in [4.78, 5) is 0. The van der Waals surface area contributed by atoms with Gasteiger partial charge >= 0.3 is 10.5 Å². The highest BCUT2D eigenvalue weighted by atomic mass is 32.3. The van der Waals surface area contributed by atoms with Crippen molar-refractivity contribution in [3.8, 4) is 11.5 Å². The number of nitrogens with one attached hydrogen (secondary N) is 1. The zero-order valence-corrected chi connectivity index (χ0v) is 12.0. The van der Waals surface area contributed by atoms with E-state index in [1.807, 2.05) is 6.92 Å². The van der Waals surface area contributed by atoms with Crippen LogP contribution in [0.1, 0.15) is 12.5 Å². The molecule has 0 aliphatic carbocycles. The molecule has 0 fully saturated rings. The molecule has 114 valence electrons. The van der Waals surface area contributed by atoms with E-state index in [1.165, 1.54) is 7.11 Å². The molecule has 0 bridgehead atoms. The highest BCUT2D eigenvalue weighted by Crippen LogP contribution is 2.24. The van der Waals surface area contributed by atoms with Crippen LogP contribution in [0.15, 0.2) is 18.2 Å². The van der Waals surface area contributed by atoms with Crippen LogP contribution in [-0.2, 0) is 15.2 Å². The molecule has 7 nitrogen and oxygen atoms in total. The maximum atomic E-state index is 10.2. The smallest absolute Gasteiger partial charge is 0.435 e. The molecule has 9 heteroatoms. The van der Waals surface area contributed by atoms with Crippen LogP contribution in [0.4, 0.5) is 3.89 Å². The fourth-order valence-electron chi connectivity index (χ4n) is 1.20. The molecule has 2 N–H and O–H groups in total. The van der Waals surface area contributed by atoms with Crippen LogP contribution in [-0.4, -0.2) is 39.7 Å². The number of halogens is 1. The summed E-state index contributed by atoms with van der Waals surface area (Å²) < 4.78 is 49.4. The second kappa shape index (κ2) is 8.33. The third kappa shape index (κ3) is 7.54. The van der Waals surface area contributed by atoms with Gasteiger partial charge in [-0.25, -0.2) is 0 Å². The first-order chi connectivity index (χ1) is 9.22. The number of benzene rings is 1. The fourth-order valence-corrected chi connectivity index (χ4v) is 1.20. The van der Waals surface area contributed by atoms with Gasteiger partial charge in [-0.05, 0) is 25.1 Å². The third-order valence-corrected chi connectivity index (χ3v) is 1.94. The lowest BCUT2D eigenvalue weighted by Gasteiger charge is -2.11. The lowest BCUT2D eigenvalue weighted by Crippen LogP contribution is -2.06. The first-order valence-corrected chi connectivity index (χ1v) is 6.67. The summed E-state index contributed by atoms with van der Waals surface area (Å²) in [6, 6.07) is 5.28. The Balaban J connectivity index is 0.000000621. The Bertz CT molecular complexity index is 538. The molecule has 0 aliphatic rings. The van der Waals surface area contributed by atoms with Crippen LogP contribution in [0.2, 0.25) is 0 Å². The summed E-state index contributed by atoms with van der Waals surface area (Å²) in [6.07, 6.45) is 0. The van der Waals surface area contributed by atoms with Gasteiger partial charge in [0.05, 0.1) is 26.4 Å². The van der Waals surface area contributed by atoms with Gasteiger partial charge in [-0.15, -0.1) is 0 Å². The van der Waals surface area contributed by atoms with Crippen LogP contribution in [0.3, 0.4) is 0 Å². The maximum absolute atomic E-state index is 10.2. The minimum atomic E-state index is -5.17. The van der Waals surface area contributed by atoms with E-state index < -0.39 is 10.5 Å². The van der Waals surface area contributed by atoms with Gasteiger partial charge in [0.25, 0.3) is 0 Å². The molecule has 0 saturated carbocycles. The van der Waals surface area contributed by atoms with Gasteiger partial charge in [-0.3, -0.25) is 9.96 Å². The molecular formula is C11H16FNO6S. The van der Waals surface area contributed by atoms with Crippen molar-refractivity contribution < 1.29 is 31.1 Å². The number of hydrogen-bond acceptors (Lipinski definition) is 6. The summed E-state index contributed by atoms with van der Waals surface area (Å²) >= 11 is 0. The topological polar surface area (TPSA) is 106 Å². The van der Waals surface area contributed by atoms with E-state index in [-0.39, 0.29) is 5.90 Å². The molecule has 1 aromatic carbocycles. The average molecular weight is 309 g/mol. The normalized spacial score (nSPS) is 10.1. The summed E-state index contributed by atoms with van der Waals surface area (Å²) in [5.41, 5.74) is 0.596. The van der Waals surface area contributed by atoms with Gasteiger partial charge in [0, 0.05) is 0 Å². The van der Waals surface area contributed by atoms with E-state index in [2.05, 4.69) is 0 Å². The monoisotopic (exact) mass is 309 g/mol. The van der Waals surface area contributed by atoms with Gasteiger partial charge in [0.2, 0.25) is 5.90 Å². The van der Waals surface area contributed by atoms with Crippen LogP contribution in [0.25, 0.3) is 0 Å². The molecule has 0 radical (unpaired) electrons. The first-order valence-electron chi connectivity index (χ1n) is 5.33. The van der Waals surface area contributed by atoms with E-state index in [0.717, 1.165) is 0 Å². The van der Waals surface area contributed by atoms with Gasteiger partial charge in [-0.1, -0.05) is 3.89 Å². The summed E-state index contributed by atoms with van der Waals surface area (Å²) in [6.45, 7) is 2.45. The molecular weight excluding hydrogens is 293 g/mol. The second-order valence-corrected chi connectivity index (χ2v) is 4.06. The average Bonchev–Trinajstić information content (AvgIpc) is 2.36. The Morgan fingerprint density at radius 1 is 1.40 bits per heavy atom. The van der Waals surface area contributed by atoms with Crippen molar-refractivity contribution >= 4 is 16.4 Å². The largest absolute Gasteiger partial charge is 0.497 e. The van der Waals surface area contributed by atoms with Crippen LogP contribution in [0, 0.1) is 5.41 Å². The Kier molecular flexibility index (Phi) is 7.55. The number of hydrogen-bond donors (Lipinski definition) is 2. The molecule has 0 heterocycles. The van der Waals surface area contributed by atoms with Gasteiger partial charge in [0.1, 0.15) is 11.5 Å². The summed E-state index contributed by atoms with van der Waals surface area (Å²) in [5, 5.41) is 7.61. The predicted octanol–water partition coefficient (Wildman–Crippen LogP) is 1.82. The number of ether oxygens (including phenoxy) is 3. The van der Waals surface area contributed by atoms with Crippen molar-refractivity contribution in [1.29, 1.82) is 5.41 Å². The van der Waals surface area contributed by atoms with E-state index >= 15 is 0 Å². The highest BCUT2D eigenvalue weighted by Gasteiger charge is 2.10. The Morgan fingerprint density at radius 2 is 1.95 bits per heavy atom. The summed E-state index contributed by atoms with van der Waals surface area (Å²) in [7, 11) is -2.13.